The molecule has 0 saturated carbocycles. The van der Waals surface area contributed by atoms with E-state index in [1.54, 1.807) is 0 Å². The molecule has 0 bridgehead atoms. The van der Waals surface area contributed by atoms with Gasteiger partial charge >= 0.3 is 0 Å². The molecule has 0 nitrogen and oxygen atoms in total. The van der Waals surface area contributed by atoms with Crippen molar-refractivity contribution in [2.24, 2.45) is 0 Å². The zero-order valence-electron chi connectivity index (χ0n) is 7.47. The second kappa shape index (κ2) is 3.20. The summed E-state index contributed by atoms with van der Waals surface area (Å²) in [4.78, 5) is 2.86. The fraction of sp³-hybridized carbons (Fsp3) is 0.556. The summed E-state index contributed by atoms with van der Waals surface area (Å²) < 4.78 is 0. The molecule has 2 heteroatoms. The van der Waals surface area contributed by atoms with Gasteiger partial charge < -0.3 is 0 Å². The molecular weight excluding hydrogens is 172 g/mol. The highest BCUT2D eigenvalue weighted by Crippen LogP contribution is 2.31. The quantitative estimate of drug-likeness (QED) is 0.602. The van der Waals surface area contributed by atoms with Gasteiger partial charge in [0.2, 0.25) is 0 Å². The topological polar surface area (TPSA) is 0 Å². The van der Waals surface area contributed by atoms with E-state index in [-0.39, 0.29) is 0 Å². The molecule has 1 aromatic rings. The highest BCUT2D eigenvalue weighted by Gasteiger charge is 2.15. The molecule has 11 heavy (non-hydrogen) atoms. The summed E-state index contributed by atoms with van der Waals surface area (Å²) in [6.07, 6.45) is 2.12. The molecule has 1 rings (SSSR count). The number of thioether (sulfide) groups is 1. The van der Waals surface area contributed by atoms with Crippen LogP contribution in [0.5, 0.6) is 0 Å². The van der Waals surface area contributed by atoms with Gasteiger partial charge in [-0.2, -0.15) is 0 Å². The first-order valence-corrected chi connectivity index (χ1v) is 5.77. The van der Waals surface area contributed by atoms with Crippen molar-refractivity contribution in [3.8, 4) is 0 Å². The first kappa shape index (κ1) is 9.14. The molecule has 0 radical (unpaired) electrons. The van der Waals surface area contributed by atoms with Gasteiger partial charge in [0.15, 0.2) is 0 Å². The monoisotopic (exact) mass is 186 g/mol. The van der Waals surface area contributed by atoms with Gasteiger partial charge in [0.25, 0.3) is 0 Å². The smallest absolute Gasteiger partial charge is 0.0179 e. The standard InChI is InChI=1S/C9H14S2/c1-9(2,3)8-5-7(10-4)6-11-8/h5-6H,1-4H3. The fourth-order valence-corrected chi connectivity index (χ4v) is 2.52. The van der Waals surface area contributed by atoms with Crippen molar-refractivity contribution in [1.29, 1.82) is 0 Å². The molecule has 0 atom stereocenters. The maximum absolute atomic E-state index is 2.29. The third kappa shape index (κ3) is 2.24. The molecule has 0 aliphatic heterocycles. The Morgan fingerprint density at radius 2 is 2.00 bits per heavy atom. The van der Waals surface area contributed by atoms with Crippen LogP contribution in [0.25, 0.3) is 0 Å². The van der Waals surface area contributed by atoms with Crippen molar-refractivity contribution in [2.45, 2.75) is 31.1 Å². The number of rotatable bonds is 1. The summed E-state index contributed by atoms with van der Waals surface area (Å²) in [6.45, 7) is 6.76. The highest BCUT2D eigenvalue weighted by atomic mass is 32.2. The summed E-state index contributed by atoms with van der Waals surface area (Å²) in [5.74, 6) is 0. The average molecular weight is 186 g/mol. The lowest BCUT2D eigenvalue weighted by molar-refractivity contribution is 0.603. The van der Waals surface area contributed by atoms with E-state index in [1.165, 1.54) is 9.77 Å². The van der Waals surface area contributed by atoms with Gasteiger partial charge in [-0.3, -0.25) is 0 Å². The lowest BCUT2D eigenvalue weighted by Crippen LogP contribution is -2.07. The largest absolute Gasteiger partial charge is 0.147 e. The minimum absolute atomic E-state index is 0.318. The van der Waals surface area contributed by atoms with E-state index < -0.39 is 0 Å². The van der Waals surface area contributed by atoms with Crippen LogP contribution in [0.3, 0.4) is 0 Å². The minimum Gasteiger partial charge on any atom is -0.147 e. The molecule has 1 aromatic heterocycles. The predicted molar refractivity (Wildman–Crippen MR) is 54.8 cm³/mol. The van der Waals surface area contributed by atoms with Gasteiger partial charge in [-0.05, 0) is 17.7 Å². The van der Waals surface area contributed by atoms with Crippen molar-refractivity contribution < 1.29 is 0 Å². The fourth-order valence-electron chi connectivity index (χ4n) is 0.819. The zero-order chi connectivity index (χ0) is 8.48. The summed E-state index contributed by atoms with van der Waals surface area (Å²) in [5.41, 5.74) is 0.318. The van der Waals surface area contributed by atoms with E-state index in [9.17, 15) is 0 Å². The van der Waals surface area contributed by atoms with Gasteiger partial charge in [0, 0.05) is 15.2 Å². The molecule has 0 saturated heterocycles. The van der Waals surface area contributed by atoms with Crippen molar-refractivity contribution in [3.05, 3.63) is 16.3 Å². The number of thiophene rings is 1. The van der Waals surface area contributed by atoms with Crippen LogP contribution in [0.15, 0.2) is 16.3 Å². The summed E-state index contributed by atoms with van der Waals surface area (Å²) in [5, 5.41) is 2.23. The van der Waals surface area contributed by atoms with Crippen LogP contribution in [0.2, 0.25) is 0 Å². The predicted octanol–water partition coefficient (Wildman–Crippen LogP) is 3.77. The van der Waals surface area contributed by atoms with Crippen LogP contribution in [0.4, 0.5) is 0 Å². The Morgan fingerprint density at radius 1 is 1.36 bits per heavy atom. The Bertz CT molecular complexity index is 230. The van der Waals surface area contributed by atoms with E-state index in [2.05, 4.69) is 38.5 Å². The maximum atomic E-state index is 2.29. The Kier molecular flexibility index (Phi) is 2.66. The Hall–Kier alpha value is 0.0500. The molecule has 0 aromatic carbocycles. The maximum Gasteiger partial charge on any atom is 0.0179 e. The van der Waals surface area contributed by atoms with E-state index in [4.69, 9.17) is 0 Å². The number of hydrogen-bond donors (Lipinski definition) is 0. The molecule has 62 valence electrons. The Morgan fingerprint density at radius 3 is 2.27 bits per heavy atom. The first-order chi connectivity index (χ1) is 5.04. The molecule has 0 aliphatic carbocycles. The average Bonchev–Trinajstić information content (AvgIpc) is 2.32. The van der Waals surface area contributed by atoms with Crippen LogP contribution in [0.1, 0.15) is 25.6 Å². The van der Waals surface area contributed by atoms with Gasteiger partial charge in [-0.15, -0.1) is 23.1 Å². The third-order valence-corrected chi connectivity index (χ3v) is 3.76. The van der Waals surface area contributed by atoms with Crippen LogP contribution in [-0.2, 0) is 5.41 Å². The van der Waals surface area contributed by atoms with Crippen molar-refractivity contribution in [1.82, 2.24) is 0 Å². The van der Waals surface area contributed by atoms with Gasteiger partial charge in [0.05, 0.1) is 0 Å². The molecular formula is C9H14S2. The second-order valence-corrected chi connectivity index (χ2v) is 5.39. The van der Waals surface area contributed by atoms with E-state index in [1.807, 2.05) is 23.1 Å². The first-order valence-electron chi connectivity index (χ1n) is 3.67. The Balaban J connectivity index is 2.89. The molecule has 1 heterocycles. The van der Waals surface area contributed by atoms with Crippen LogP contribution in [-0.4, -0.2) is 6.26 Å². The molecule has 0 N–H and O–H groups in total. The van der Waals surface area contributed by atoms with E-state index in [0.29, 0.717) is 5.41 Å². The third-order valence-electron chi connectivity index (χ3n) is 1.55. The van der Waals surface area contributed by atoms with Crippen molar-refractivity contribution in [3.63, 3.8) is 0 Å². The van der Waals surface area contributed by atoms with Gasteiger partial charge in [-0.25, -0.2) is 0 Å². The lowest BCUT2D eigenvalue weighted by Gasteiger charge is -2.14. The van der Waals surface area contributed by atoms with Crippen LogP contribution >= 0.6 is 23.1 Å². The highest BCUT2D eigenvalue weighted by molar-refractivity contribution is 7.98. The SMILES string of the molecule is CSc1csc(C(C)(C)C)c1. The molecule has 0 unspecified atom stereocenters. The van der Waals surface area contributed by atoms with Crippen LogP contribution in [0, 0.1) is 0 Å². The van der Waals surface area contributed by atoms with Gasteiger partial charge in [-0.1, -0.05) is 20.8 Å². The Labute approximate surface area is 77.0 Å². The lowest BCUT2D eigenvalue weighted by atomic mass is 9.95. The molecule has 0 spiro atoms. The molecule has 0 fully saturated rings. The van der Waals surface area contributed by atoms with Crippen molar-refractivity contribution >= 4 is 23.1 Å². The zero-order valence-corrected chi connectivity index (χ0v) is 9.10. The molecule has 0 aliphatic rings. The summed E-state index contributed by atoms with van der Waals surface area (Å²) in [7, 11) is 0. The number of hydrogen-bond acceptors (Lipinski definition) is 2. The van der Waals surface area contributed by atoms with E-state index >= 15 is 0 Å². The molecule has 0 amide bonds. The normalized spacial score (nSPS) is 12.0. The second-order valence-electron chi connectivity index (χ2n) is 3.60. The van der Waals surface area contributed by atoms with E-state index in [0.717, 1.165) is 0 Å². The minimum atomic E-state index is 0.318. The summed E-state index contributed by atoms with van der Waals surface area (Å²) in [6, 6.07) is 2.29. The van der Waals surface area contributed by atoms with Crippen molar-refractivity contribution in [2.75, 3.05) is 6.26 Å². The van der Waals surface area contributed by atoms with Gasteiger partial charge in [0.1, 0.15) is 0 Å². The van der Waals surface area contributed by atoms with Crippen LogP contribution < -0.4 is 0 Å². The summed E-state index contributed by atoms with van der Waals surface area (Å²) >= 11 is 3.68.